The van der Waals surface area contributed by atoms with Crippen molar-refractivity contribution in [2.24, 2.45) is 11.8 Å². The van der Waals surface area contributed by atoms with E-state index in [-0.39, 0.29) is 11.5 Å². The van der Waals surface area contributed by atoms with Crippen LogP contribution in [0.1, 0.15) is 57.8 Å². The molecule has 4 fully saturated rings. The van der Waals surface area contributed by atoms with Crippen LogP contribution in [-0.4, -0.2) is 62.0 Å². The lowest BCUT2D eigenvalue weighted by atomic mass is 9.82. The maximum absolute atomic E-state index is 12.6. The second-order valence-electron chi connectivity index (χ2n) is 8.56. The molecular weight excluding hydrogens is 318 g/mol. The summed E-state index contributed by atoms with van der Waals surface area (Å²) in [7, 11) is 0. The summed E-state index contributed by atoms with van der Waals surface area (Å²) in [5, 5.41) is 0. The number of carbonyl (C=O) groups is 1. The van der Waals surface area contributed by atoms with Gasteiger partial charge in [-0.2, -0.15) is 0 Å². The van der Waals surface area contributed by atoms with E-state index in [1.807, 2.05) is 4.90 Å². The summed E-state index contributed by atoms with van der Waals surface area (Å²) in [6.45, 7) is 4.94. The summed E-state index contributed by atoms with van der Waals surface area (Å²) in [5.74, 6) is 1.30. The zero-order chi connectivity index (χ0) is 17.1. The number of hydrogen-bond acceptors (Lipinski definition) is 4. The van der Waals surface area contributed by atoms with Gasteiger partial charge in [0.1, 0.15) is 5.60 Å². The second-order valence-corrected chi connectivity index (χ2v) is 8.56. The highest BCUT2D eigenvalue weighted by Gasteiger charge is 2.50. The molecule has 0 aromatic rings. The summed E-state index contributed by atoms with van der Waals surface area (Å²) in [5.41, 5.74) is -0.122. The first-order valence-corrected chi connectivity index (χ1v) is 10.4. The van der Waals surface area contributed by atoms with Crippen molar-refractivity contribution in [3.8, 4) is 0 Å². The van der Waals surface area contributed by atoms with Gasteiger partial charge in [0, 0.05) is 38.8 Å². The topological polar surface area (TPSA) is 48.0 Å². The first-order valence-electron chi connectivity index (χ1n) is 10.4. The lowest BCUT2D eigenvalue weighted by molar-refractivity contribution is -0.205. The number of hydrogen-bond donors (Lipinski definition) is 0. The van der Waals surface area contributed by atoms with Crippen molar-refractivity contribution >= 4 is 5.91 Å². The quantitative estimate of drug-likeness (QED) is 0.781. The Morgan fingerprint density at radius 1 is 1.00 bits per heavy atom. The summed E-state index contributed by atoms with van der Waals surface area (Å²) in [6, 6.07) is 0. The van der Waals surface area contributed by atoms with Gasteiger partial charge in [-0.15, -0.1) is 0 Å². The predicted molar refractivity (Wildman–Crippen MR) is 94.4 cm³/mol. The molecule has 0 N–H and O–H groups in total. The fourth-order valence-corrected chi connectivity index (χ4v) is 4.94. The first-order chi connectivity index (χ1) is 12.2. The van der Waals surface area contributed by atoms with E-state index in [2.05, 4.69) is 0 Å². The number of nitrogens with zero attached hydrogens (tertiary/aromatic N) is 1. The Morgan fingerprint density at radius 2 is 1.76 bits per heavy atom. The third-order valence-electron chi connectivity index (χ3n) is 6.58. The van der Waals surface area contributed by atoms with E-state index in [9.17, 15) is 4.79 Å². The molecule has 1 aliphatic carbocycles. The van der Waals surface area contributed by atoms with Crippen molar-refractivity contribution in [3.63, 3.8) is 0 Å². The van der Waals surface area contributed by atoms with Gasteiger partial charge in [-0.05, 0) is 38.0 Å². The minimum Gasteiger partial charge on any atom is -0.381 e. The lowest BCUT2D eigenvalue weighted by Crippen LogP contribution is -2.68. The molecule has 0 aromatic carbocycles. The Labute approximate surface area is 151 Å². The highest BCUT2D eigenvalue weighted by Crippen LogP contribution is 2.37. The van der Waals surface area contributed by atoms with Crippen LogP contribution in [0.15, 0.2) is 0 Å². The van der Waals surface area contributed by atoms with Crippen LogP contribution in [0.3, 0.4) is 0 Å². The van der Waals surface area contributed by atoms with Gasteiger partial charge in [0.05, 0.1) is 19.2 Å². The van der Waals surface area contributed by atoms with Crippen LogP contribution in [-0.2, 0) is 19.0 Å². The van der Waals surface area contributed by atoms with Crippen LogP contribution in [0.25, 0.3) is 0 Å². The molecular formula is C20H33NO4. The normalized spacial score (nSPS) is 31.0. The molecule has 3 heterocycles. The molecule has 1 saturated carbocycles. The molecule has 1 unspecified atom stereocenters. The van der Waals surface area contributed by atoms with E-state index in [4.69, 9.17) is 14.2 Å². The number of likely N-dealkylation sites (tertiary alicyclic amines) is 1. The van der Waals surface area contributed by atoms with Gasteiger partial charge in [-0.1, -0.05) is 19.3 Å². The number of ether oxygens (including phenoxy) is 3. The third-order valence-corrected chi connectivity index (χ3v) is 6.58. The van der Waals surface area contributed by atoms with Crippen LogP contribution in [0.4, 0.5) is 0 Å². The Bertz CT molecular complexity index is 451. The van der Waals surface area contributed by atoms with Crippen molar-refractivity contribution in [2.75, 3.05) is 39.5 Å². The zero-order valence-corrected chi connectivity index (χ0v) is 15.4. The molecule has 5 nitrogen and oxygen atoms in total. The van der Waals surface area contributed by atoms with E-state index in [1.54, 1.807) is 0 Å². The third kappa shape index (κ3) is 4.20. The van der Waals surface area contributed by atoms with Gasteiger partial charge in [0.2, 0.25) is 5.91 Å². The van der Waals surface area contributed by atoms with Gasteiger partial charge in [-0.3, -0.25) is 4.79 Å². The molecule has 3 aliphatic heterocycles. The average molecular weight is 351 g/mol. The summed E-state index contributed by atoms with van der Waals surface area (Å²) in [4.78, 5) is 14.7. The van der Waals surface area contributed by atoms with Gasteiger partial charge in [0.25, 0.3) is 0 Å². The van der Waals surface area contributed by atoms with Crippen LogP contribution in [0, 0.1) is 11.8 Å². The van der Waals surface area contributed by atoms with Gasteiger partial charge < -0.3 is 19.1 Å². The number of rotatable bonds is 4. The largest absolute Gasteiger partial charge is 0.381 e. The standard InChI is InChI=1S/C20H33NO4/c22-19(17-4-2-1-3-5-17)21-14-20(15-21)12-18(8-11-25-20)24-13-16-6-9-23-10-7-16/h16-18H,1-15H2. The molecule has 0 bridgehead atoms. The van der Waals surface area contributed by atoms with Gasteiger partial charge in [0.15, 0.2) is 0 Å². The fraction of sp³-hybridized carbons (Fsp3) is 0.950. The molecule has 5 heteroatoms. The van der Waals surface area contributed by atoms with Crippen LogP contribution in [0.5, 0.6) is 0 Å². The maximum Gasteiger partial charge on any atom is 0.225 e. The highest BCUT2D eigenvalue weighted by atomic mass is 16.5. The van der Waals surface area contributed by atoms with E-state index in [0.717, 1.165) is 78.0 Å². The molecule has 0 aromatic heterocycles. The Hall–Kier alpha value is -0.650. The first kappa shape index (κ1) is 17.7. The molecule has 25 heavy (non-hydrogen) atoms. The molecule has 142 valence electrons. The van der Waals surface area contributed by atoms with Crippen LogP contribution in [0.2, 0.25) is 0 Å². The van der Waals surface area contributed by atoms with E-state index in [1.165, 1.54) is 19.3 Å². The Morgan fingerprint density at radius 3 is 2.52 bits per heavy atom. The molecule has 3 saturated heterocycles. The zero-order valence-electron chi connectivity index (χ0n) is 15.4. The lowest BCUT2D eigenvalue weighted by Gasteiger charge is -2.53. The van der Waals surface area contributed by atoms with Crippen molar-refractivity contribution in [2.45, 2.75) is 69.5 Å². The van der Waals surface area contributed by atoms with E-state index < -0.39 is 0 Å². The minimum absolute atomic E-state index is 0.122. The molecule has 4 aliphatic rings. The molecule has 1 spiro atoms. The fourth-order valence-electron chi connectivity index (χ4n) is 4.94. The SMILES string of the molecule is O=C(C1CCCCC1)N1CC2(CC(OCC3CCOCC3)CCO2)C1. The summed E-state index contributed by atoms with van der Waals surface area (Å²) >= 11 is 0. The number of carbonyl (C=O) groups excluding carboxylic acids is 1. The summed E-state index contributed by atoms with van der Waals surface area (Å²) < 4.78 is 17.7. The van der Waals surface area contributed by atoms with E-state index in [0.29, 0.717) is 17.9 Å². The Kier molecular flexibility index (Phi) is 5.63. The van der Waals surface area contributed by atoms with Gasteiger partial charge >= 0.3 is 0 Å². The monoisotopic (exact) mass is 351 g/mol. The van der Waals surface area contributed by atoms with Crippen molar-refractivity contribution in [1.29, 1.82) is 0 Å². The minimum atomic E-state index is -0.122. The van der Waals surface area contributed by atoms with Gasteiger partial charge in [-0.25, -0.2) is 0 Å². The molecule has 1 amide bonds. The van der Waals surface area contributed by atoms with Crippen molar-refractivity contribution in [1.82, 2.24) is 4.90 Å². The predicted octanol–water partition coefficient (Wildman–Crippen LogP) is 2.77. The smallest absolute Gasteiger partial charge is 0.225 e. The van der Waals surface area contributed by atoms with Crippen molar-refractivity contribution < 1.29 is 19.0 Å². The maximum atomic E-state index is 12.6. The van der Waals surface area contributed by atoms with Crippen LogP contribution >= 0.6 is 0 Å². The Balaban J connectivity index is 1.22. The second kappa shape index (κ2) is 7.93. The summed E-state index contributed by atoms with van der Waals surface area (Å²) in [6.07, 6.45) is 10.4. The molecule has 1 atom stereocenters. The molecule has 4 rings (SSSR count). The highest BCUT2D eigenvalue weighted by molar-refractivity contribution is 5.80. The average Bonchev–Trinajstić information content (AvgIpc) is 2.65. The molecule has 0 radical (unpaired) electrons. The number of amides is 1. The van der Waals surface area contributed by atoms with Crippen LogP contribution < -0.4 is 0 Å². The van der Waals surface area contributed by atoms with E-state index >= 15 is 0 Å². The van der Waals surface area contributed by atoms with Crippen molar-refractivity contribution in [3.05, 3.63) is 0 Å².